The Labute approximate surface area is 129 Å². The summed E-state index contributed by atoms with van der Waals surface area (Å²) in [4.78, 5) is 23.7. The topological polar surface area (TPSA) is 78.4 Å². The second-order valence-corrected chi connectivity index (χ2v) is 5.81. The average molecular weight is 313 g/mol. The van der Waals surface area contributed by atoms with E-state index >= 15 is 0 Å². The third kappa shape index (κ3) is 6.14. The largest absolute Gasteiger partial charge is 0.392 e. The highest BCUT2D eigenvalue weighted by Gasteiger charge is 2.13. The summed E-state index contributed by atoms with van der Waals surface area (Å²) in [6.07, 6.45) is -0.228. The summed E-state index contributed by atoms with van der Waals surface area (Å²) >= 11 is 5.99. The van der Waals surface area contributed by atoms with Crippen LogP contribution in [-0.2, 0) is 4.79 Å². The summed E-state index contributed by atoms with van der Waals surface area (Å²) in [6.45, 7) is 5.62. The molecule has 0 saturated heterocycles. The Morgan fingerprint density at radius 1 is 1.29 bits per heavy atom. The Hall–Kier alpha value is -1.59. The first-order chi connectivity index (χ1) is 9.79. The predicted molar refractivity (Wildman–Crippen MR) is 83.6 cm³/mol. The van der Waals surface area contributed by atoms with Crippen molar-refractivity contribution < 1.29 is 14.7 Å². The molecule has 116 valence electrons. The smallest absolute Gasteiger partial charge is 0.252 e. The van der Waals surface area contributed by atoms with Gasteiger partial charge < -0.3 is 15.7 Å². The number of carbonyl (C=O) groups is 2. The van der Waals surface area contributed by atoms with Gasteiger partial charge in [-0.25, -0.2) is 0 Å². The maximum atomic E-state index is 12.0. The van der Waals surface area contributed by atoms with Crippen LogP contribution in [0.4, 0.5) is 5.69 Å². The van der Waals surface area contributed by atoms with Crippen LogP contribution in [0.5, 0.6) is 0 Å². The number of rotatable bonds is 6. The van der Waals surface area contributed by atoms with Gasteiger partial charge in [0.1, 0.15) is 0 Å². The van der Waals surface area contributed by atoms with Gasteiger partial charge in [-0.3, -0.25) is 9.59 Å². The predicted octanol–water partition coefficient (Wildman–Crippen LogP) is 2.44. The van der Waals surface area contributed by atoms with Gasteiger partial charge in [-0.05, 0) is 31.0 Å². The van der Waals surface area contributed by atoms with Crippen molar-refractivity contribution in [3.8, 4) is 0 Å². The van der Waals surface area contributed by atoms with Crippen molar-refractivity contribution in [2.75, 3.05) is 11.9 Å². The van der Waals surface area contributed by atoms with E-state index in [1.807, 2.05) is 13.8 Å². The molecule has 0 bridgehead atoms. The molecule has 0 saturated carbocycles. The first-order valence-corrected chi connectivity index (χ1v) is 7.23. The Bertz CT molecular complexity index is 516. The number of anilines is 1. The van der Waals surface area contributed by atoms with E-state index in [9.17, 15) is 14.7 Å². The molecule has 0 aliphatic carbocycles. The zero-order chi connectivity index (χ0) is 16.0. The van der Waals surface area contributed by atoms with Crippen LogP contribution in [0.2, 0.25) is 5.02 Å². The Morgan fingerprint density at radius 2 is 1.95 bits per heavy atom. The van der Waals surface area contributed by atoms with Crippen molar-refractivity contribution in [3.05, 3.63) is 28.8 Å². The Kier molecular flexibility index (Phi) is 6.65. The summed E-state index contributed by atoms with van der Waals surface area (Å²) in [5, 5.41) is 14.8. The van der Waals surface area contributed by atoms with Gasteiger partial charge in [-0.1, -0.05) is 25.4 Å². The number of amides is 2. The zero-order valence-corrected chi connectivity index (χ0v) is 13.2. The number of nitrogens with one attached hydrogen (secondary N) is 2. The highest BCUT2D eigenvalue weighted by Crippen LogP contribution is 2.21. The van der Waals surface area contributed by atoms with Gasteiger partial charge in [-0.2, -0.15) is 0 Å². The Balaban J connectivity index is 2.79. The molecule has 1 aromatic rings. The van der Waals surface area contributed by atoms with Crippen LogP contribution < -0.4 is 10.6 Å². The molecule has 0 fully saturated rings. The SMILES string of the molecule is CC(C)CC(=O)Nc1ccc(Cl)c(C(=O)NCC(C)O)c1. The molecule has 0 radical (unpaired) electrons. The van der Waals surface area contributed by atoms with E-state index in [0.717, 1.165) is 0 Å². The highest BCUT2D eigenvalue weighted by atomic mass is 35.5. The lowest BCUT2D eigenvalue weighted by molar-refractivity contribution is -0.116. The zero-order valence-electron chi connectivity index (χ0n) is 12.4. The summed E-state index contributed by atoms with van der Waals surface area (Å²) in [5.74, 6) is -0.241. The number of hydrogen-bond donors (Lipinski definition) is 3. The van der Waals surface area contributed by atoms with Gasteiger partial charge in [0, 0.05) is 18.7 Å². The molecular formula is C15H21ClN2O3. The van der Waals surface area contributed by atoms with Crippen LogP contribution in [0.3, 0.4) is 0 Å². The van der Waals surface area contributed by atoms with E-state index < -0.39 is 6.10 Å². The molecule has 3 N–H and O–H groups in total. The van der Waals surface area contributed by atoms with Gasteiger partial charge in [0.15, 0.2) is 0 Å². The molecule has 1 atom stereocenters. The minimum atomic E-state index is -0.637. The normalized spacial score (nSPS) is 12.1. The van der Waals surface area contributed by atoms with Crippen LogP contribution in [-0.4, -0.2) is 29.6 Å². The fraction of sp³-hybridized carbons (Fsp3) is 0.467. The molecule has 2 amide bonds. The second-order valence-electron chi connectivity index (χ2n) is 5.40. The van der Waals surface area contributed by atoms with Crippen molar-refractivity contribution in [2.45, 2.75) is 33.3 Å². The molecule has 0 aliphatic rings. The summed E-state index contributed by atoms with van der Waals surface area (Å²) < 4.78 is 0. The molecule has 1 aromatic carbocycles. The lowest BCUT2D eigenvalue weighted by atomic mass is 10.1. The van der Waals surface area contributed by atoms with E-state index in [0.29, 0.717) is 17.1 Å². The van der Waals surface area contributed by atoms with Crippen molar-refractivity contribution in [1.29, 1.82) is 0 Å². The monoisotopic (exact) mass is 312 g/mol. The lowest BCUT2D eigenvalue weighted by Crippen LogP contribution is -2.30. The second kappa shape index (κ2) is 8.00. The number of hydrogen-bond acceptors (Lipinski definition) is 3. The first kappa shape index (κ1) is 17.5. The standard InChI is InChI=1S/C15H21ClN2O3/c1-9(2)6-14(20)18-11-4-5-13(16)12(7-11)15(21)17-8-10(3)19/h4-5,7,9-10,19H,6,8H2,1-3H3,(H,17,21)(H,18,20). The molecule has 0 aliphatic heterocycles. The number of aliphatic hydroxyl groups excluding tert-OH is 1. The van der Waals surface area contributed by atoms with E-state index in [1.165, 1.54) is 6.07 Å². The van der Waals surface area contributed by atoms with Gasteiger partial charge >= 0.3 is 0 Å². The molecule has 1 unspecified atom stereocenters. The van der Waals surface area contributed by atoms with E-state index in [-0.39, 0.29) is 29.8 Å². The lowest BCUT2D eigenvalue weighted by Gasteiger charge is -2.11. The maximum Gasteiger partial charge on any atom is 0.252 e. The van der Waals surface area contributed by atoms with Gasteiger partial charge in [0.2, 0.25) is 5.91 Å². The van der Waals surface area contributed by atoms with E-state index in [2.05, 4.69) is 10.6 Å². The summed E-state index contributed by atoms with van der Waals surface area (Å²) in [6, 6.07) is 4.73. The first-order valence-electron chi connectivity index (χ1n) is 6.85. The molecule has 1 rings (SSSR count). The van der Waals surface area contributed by atoms with Crippen LogP contribution >= 0.6 is 11.6 Å². The third-order valence-electron chi connectivity index (χ3n) is 2.65. The molecule has 21 heavy (non-hydrogen) atoms. The number of halogens is 1. The molecule has 0 spiro atoms. The number of aliphatic hydroxyl groups is 1. The molecule has 6 heteroatoms. The third-order valence-corrected chi connectivity index (χ3v) is 2.98. The highest BCUT2D eigenvalue weighted by molar-refractivity contribution is 6.34. The van der Waals surface area contributed by atoms with Crippen molar-refractivity contribution in [1.82, 2.24) is 5.32 Å². The summed E-state index contributed by atoms with van der Waals surface area (Å²) in [5.41, 5.74) is 0.784. The van der Waals surface area contributed by atoms with Gasteiger partial charge in [0.25, 0.3) is 5.91 Å². The minimum absolute atomic E-state index is 0.109. The molecule has 0 heterocycles. The molecular weight excluding hydrogens is 292 g/mol. The van der Waals surface area contributed by atoms with Crippen molar-refractivity contribution in [2.24, 2.45) is 5.92 Å². The maximum absolute atomic E-state index is 12.0. The molecule has 0 aromatic heterocycles. The average Bonchev–Trinajstić information content (AvgIpc) is 2.37. The fourth-order valence-corrected chi connectivity index (χ4v) is 1.90. The number of carbonyl (C=O) groups excluding carboxylic acids is 2. The van der Waals surface area contributed by atoms with Gasteiger partial charge in [0.05, 0.1) is 16.7 Å². The molecule has 5 nitrogen and oxygen atoms in total. The van der Waals surface area contributed by atoms with Crippen LogP contribution in [0.1, 0.15) is 37.6 Å². The van der Waals surface area contributed by atoms with Crippen molar-refractivity contribution >= 4 is 29.1 Å². The van der Waals surface area contributed by atoms with Crippen LogP contribution in [0.15, 0.2) is 18.2 Å². The van der Waals surface area contributed by atoms with E-state index in [1.54, 1.807) is 19.1 Å². The van der Waals surface area contributed by atoms with Crippen LogP contribution in [0, 0.1) is 5.92 Å². The quantitative estimate of drug-likeness (QED) is 0.755. The van der Waals surface area contributed by atoms with Crippen molar-refractivity contribution in [3.63, 3.8) is 0 Å². The summed E-state index contributed by atoms with van der Waals surface area (Å²) in [7, 11) is 0. The fourth-order valence-electron chi connectivity index (χ4n) is 1.70. The number of benzene rings is 1. The Morgan fingerprint density at radius 3 is 2.52 bits per heavy atom. The minimum Gasteiger partial charge on any atom is -0.392 e. The van der Waals surface area contributed by atoms with E-state index in [4.69, 9.17) is 11.6 Å². The van der Waals surface area contributed by atoms with Gasteiger partial charge in [-0.15, -0.1) is 0 Å². The van der Waals surface area contributed by atoms with Crippen LogP contribution in [0.25, 0.3) is 0 Å².